The summed E-state index contributed by atoms with van der Waals surface area (Å²) in [5, 5.41) is 8.08. The highest BCUT2D eigenvalue weighted by molar-refractivity contribution is 7.89. The van der Waals surface area contributed by atoms with Crippen LogP contribution in [0.3, 0.4) is 0 Å². The molecule has 148 valence electrons. The van der Waals surface area contributed by atoms with E-state index >= 15 is 0 Å². The van der Waals surface area contributed by atoms with Gasteiger partial charge in [0.1, 0.15) is 17.6 Å². The first kappa shape index (κ1) is 18.9. The third-order valence-corrected chi connectivity index (χ3v) is 6.88. The molecule has 1 fully saturated rings. The topological polar surface area (TPSA) is 77.3 Å². The molecule has 0 N–H and O–H groups in total. The Labute approximate surface area is 164 Å². The Hall–Kier alpha value is -2.45. The van der Waals surface area contributed by atoms with Crippen molar-refractivity contribution in [1.82, 2.24) is 19.5 Å². The van der Waals surface area contributed by atoms with Crippen LogP contribution in [-0.4, -0.2) is 41.0 Å². The fraction of sp³-hybridized carbons (Fsp3) is 0.400. The van der Waals surface area contributed by atoms with Crippen LogP contribution in [0.15, 0.2) is 53.4 Å². The van der Waals surface area contributed by atoms with Crippen LogP contribution >= 0.6 is 0 Å². The van der Waals surface area contributed by atoms with Crippen molar-refractivity contribution in [2.45, 2.75) is 31.8 Å². The molecule has 0 bridgehead atoms. The standard InChI is InChI=1S/C20H24N4O3S/c1-15-10-16(2)13-23(12-15)28(25,26)18-8-9-19-20(11-18)24(22-21-19)27-14-17-6-4-3-5-7-17/h3-9,11,15-16H,10,12-14H2,1-2H3/t15-,16+. The van der Waals surface area contributed by atoms with Crippen LogP contribution in [-0.2, 0) is 16.6 Å². The van der Waals surface area contributed by atoms with E-state index in [1.165, 1.54) is 4.85 Å². The van der Waals surface area contributed by atoms with Crippen molar-refractivity contribution in [3.8, 4) is 0 Å². The summed E-state index contributed by atoms with van der Waals surface area (Å²) >= 11 is 0. The molecule has 3 aromatic rings. The van der Waals surface area contributed by atoms with Crippen LogP contribution in [0.25, 0.3) is 11.0 Å². The second-order valence-electron chi connectivity index (χ2n) is 7.64. The van der Waals surface area contributed by atoms with Gasteiger partial charge in [-0.3, -0.25) is 0 Å². The first-order valence-corrected chi connectivity index (χ1v) is 10.9. The summed E-state index contributed by atoms with van der Waals surface area (Å²) in [7, 11) is -3.57. The molecule has 28 heavy (non-hydrogen) atoms. The fourth-order valence-electron chi connectivity index (χ4n) is 3.79. The van der Waals surface area contributed by atoms with Gasteiger partial charge in [-0.1, -0.05) is 49.0 Å². The Kier molecular flexibility index (Phi) is 5.07. The molecule has 1 aliphatic rings. The van der Waals surface area contributed by atoms with Gasteiger partial charge in [-0.25, -0.2) is 8.42 Å². The molecule has 0 saturated carbocycles. The third kappa shape index (κ3) is 3.74. The lowest BCUT2D eigenvalue weighted by atomic mass is 9.94. The number of benzene rings is 2. The second kappa shape index (κ2) is 7.52. The van der Waals surface area contributed by atoms with Gasteiger partial charge in [-0.05, 0) is 47.2 Å². The van der Waals surface area contributed by atoms with Crippen LogP contribution in [0.1, 0.15) is 25.8 Å². The smallest absolute Gasteiger partial charge is 0.243 e. The molecule has 1 aliphatic heterocycles. The van der Waals surface area contributed by atoms with Crippen molar-refractivity contribution in [3.63, 3.8) is 0 Å². The van der Waals surface area contributed by atoms with Crippen LogP contribution < -0.4 is 4.84 Å². The molecular weight excluding hydrogens is 376 g/mol. The Bertz CT molecular complexity index is 1060. The summed E-state index contributed by atoms with van der Waals surface area (Å²) in [6.45, 7) is 5.60. The quantitative estimate of drug-likeness (QED) is 0.658. The predicted molar refractivity (Wildman–Crippen MR) is 106 cm³/mol. The maximum Gasteiger partial charge on any atom is 0.243 e. The van der Waals surface area contributed by atoms with Gasteiger partial charge >= 0.3 is 0 Å². The van der Waals surface area contributed by atoms with E-state index in [1.807, 2.05) is 30.3 Å². The van der Waals surface area contributed by atoms with E-state index in [9.17, 15) is 8.42 Å². The minimum atomic E-state index is -3.57. The minimum Gasteiger partial charge on any atom is -0.390 e. The van der Waals surface area contributed by atoms with Crippen LogP contribution in [0.4, 0.5) is 0 Å². The van der Waals surface area contributed by atoms with E-state index in [-0.39, 0.29) is 4.90 Å². The minimum absolute atomic E-state index is 0.244. The van der Waals surface area contributed by atoms with E-state index < -0.39 is 10.0 Å². The van der Waals surface area contributed by atoms with E-state index in [0.29, 0.717) is 42.6 Å². The summed E-state index contributed by atoms with van der Waals surface area (Å²) in [5.41, 5.74) is 2.12. The average molecular weight is 401 g/mol. The molecule has 2 heterocycles. The number of sulfonamides is 1. The van der Waals surface area contributed by atoms with Gasteiger partial charge in [0.2, 0.25) is 10.0 Å². The van der Waals surface area contributed by atoms with Crippen molar-refractivity contribution >= 4 is 21.1 Å². The molecule has 0 radical (unpaired) electrons. The molecule has 1 aromatic heterocycles. The number of rotatable bonds is 5. The van der Waals surface area contributed by atoms with Crippen LogP contribution in [0, 0.1) is 11.8 Å². The number of nitrogens with zero attached hydrogens (tertiary/aromatic N) is 4. The number of piperidine rings is 1. The number of fused-ring (bicyclic) bond motifs is 1. The maximum absolute atomic E-state index is 13.2. The Morgan fingerprint density at radius 2 is 1.79 bits per heavy atom. The van der Waals surface area contributed by atoms with Crippen LogP contribution in [0.2, 0.25) is 0 Å². The van der Waals surface area contributed by atoms with Gasteiger partial charge in [-0.15, -0.1) is 5.10 Å². The van der Waals surface area contributed by atoms with Gasteiger partial charge < -0.3 is 4.84 Å². The van der Waals surface area contributed by atoms with Gasteiger partial charge in [0.15, 0.2) is 0 Å². The van der Waals surface area contributed by atoms with Gasteiger partial charge in [0.05, 0.1) is 4.90 Å². The molecule has 4 rings (SSSR count). The molecule has 0 aliphatic carbocycles. The SMILES string of the molecule is C[C@@H]1C[C@H](C)CN(S(=O)(=O)c2ccc3nnn(OCc4ccccc4)c3c2)C1. The van der Waals surface area contributed by atoms with Gasteiger partial charge in [0.25, 0.3) is 0 Å². The molecule has 0 amide bonds. The summed E-state index contributed by atoms with van der Waals surface area (Å²) in [6.07, 6.45) is 1.05. The van der Waals surface area contributed by atoms with Gasteiger partial charge in [-0.2, -0.15) is 4.31 Å². The van der Waals surface area contributed by atoms with Crippen molar-refractivity contribution in [2.75, 3.05) is 13.1 Å². The molecule has 1 saturated heterocycles. The zero-order valence-electron chi connectivity index (χ0n) is 16.0. The molecule has 0 spiro atoms. The highest BCUT2D eigenvalue weighted by atomic mass is 32.2. The maximum atomic E-state index is 13.2. The fourth-order valence-corrected chi connectivity index (χ4v) is 5.49. The lowest BCUT2D eigenvalue weighted by Gasteiger charge is -2.34. The van der Waals surface area contributed by atoms with Crippen molar-refractivity contribution in [1.29, 1.82) is 0 Å². The van der Waals surface area contributed by atoms with E-state index in [0.717, 1.165) is 12.0 Å². The molecule has 8 heteroatoms. The summed E-state index contributed by atoms with van der Waals surface area (Å²) < 4.78 is 27.9. The van der Waals surface area contributed by atoms with Crippen LogP contribution in [0.5, 0.6) is 0 Å². The lowest BCUT2D eigenvalue weighted by molar-refractivity contribution is 0.0751. The highest BCUT2D eigenvalue weighted by Gasteiger charge is 2.32. The second-order valence-corrected chi connectivity index (χ2v) is 9.58. The summed E-state index contributed by atoms with van der Waals surface area (Å²) in [5.74, 6) is 0.701. The highest BCUT2D eigenvalue weighted by Crippen LogP contribution is 2.27. The first-order valence-electron chi connectivity index (χ1n) is 9.46. The van der Waals surface area contributed by atoms with Gasteiger partial charge in [0, 0.05) is 13.1 Å². The summed E-state index contributed by atoms with van der Waals surface area (Å²) in [6, 6.07) is 14.6. The Morgan fingerprint density at radius 3 is 2.50 bits per heavy atom. The summed E-state index contributed by atoms with van der Waals surface area (Å²) in [4.78, 5) is 7.27. The molecule has 2 aromatic carbocycles. The largest absolute Gasteiger partial charge is 0.390 e. The monoisotopic (exact) mass is 400 g/mol. The normalized spacial score (nSPS) is 21.1. The average Bonchev–Trinajstić information content (AvgIpc) is 3.09. The zero-order valence-corrected chi connectivity index (χ0v) is 16.8. The predicted octanol–water partition coefficient (Wildman–Crippen LogP) is 2.73. The number of hydrogen-bond donors (Lipinski definition) is 0. The van der Waals surface area contributed by atoms with E-state index in [4.69, 9.17) is 4.84 Å². The number of hydrogen-bond acceptors (Lipinski definition) is 5. The Balaban J connectivity index is 1.61. The molecule has 2 atom stereocenters. The Morgan fingerprint density at radius 1 is 1.07 bits per heavy atom. The molecular formula is C20H24N4O3S. The lowest BCUT2D eigenvalue weighted by Crippen LogP contribution is -2.42. The van der Waals surface area contributed by atoms with Crippen molar-refractivity contribution in [2.24, 2.45) is 11.8 Å². The first-order chi connectivity index (χ1) is 13.4. The van der Waals surface area contributed by atoms with Crippen molar-refractivity contribution in [3.05, 3.63) is 54.1 Å². The van der Waals surface area contributed by atoms with Crippen molar-refractivity contribution < 1.29 is 13.3 Å². The molecule has 0 unspecified atom stereocenters. The van der Waals surface area contributed by atoms with E-state index in [2.05, 4.69) is 24.2 Å². The zero-order chi connectivity index (χ0) is 19.7. The third-order valence-electron chi connectivity index (χ3n) is 5.06. The number of aromatic nitrogens is 3. The van der Waals surface area contributed by atoms with E-state index in [1.54, 1.807) is 22.5 Å². The molecule has 7 nitrogen and oxygen atoms in total.